The first kappa shape index (κ1) is 22.6. The largest absolute Gasteiger partial charge is 0.459 e. The molecule has 0 aliphatic heterocycles. The van der Waals surface area contributed by atoms with Gasteiger partial charge < -0.3 is 19.5 Å². The summed E-state index contributed by atoms with van der Waals surface area (Å²) in [6.07, 6.45) is 4.41. The Hall–Kier alpha value is -3.61. The second-order valence-electron chi connectivity index (χ2n) is 8.62. The Labute approximate surface area is 193 Å². The van der Waals surface area contributed by atoms with Crippen LogP contribution in [0.25, 0.3) is 0 Å². The number of carbonyl (C=O) groups is 2. The van der Waals surface area contributed by atoms with E-state index in [0.717, 1.165) is 36.1 Å². The number of halogens is 1. The summed E-state index contributed by atoms with van der Waals surface area (Å²) in [7, 11) is 3.87. The summed E-state index contributed by atoms with van der Waals surface area (Å²) < 4.78 is 18.7. The van der Waals surface area contributed by atoms with E-state index in [1.165, 1.54) is 18.4 Å². The molecule has 1 aromatic heterocycles. The van der Waals surface area contributed by atoms with Gasteiger partial charge in [-0.1, -0.05) is 18.6 Å². The summed E-state index contributed by atoms with van der Waals surface area (Å²) in [6.45, 7) is 0.572. The highest BCUT2D eigenvalue weighted by Crippen LogP contribution is 2.30. The van der Waals surface area contributed by atoms with Gasteiger partial charge in [-0.05, 0) is 66.4 Å². The standard InChI is InChI=1S/C26H28FN3O3/c1-29(2)23-13-12-22(28-25(31)19-5-3-6-19)15-20(23)17-30(26(32)24-7-4-14-33-24)16-18-8-10-21(27)11-9-18/h4,7-15,19H,3,5-6,16-17H2,1-2H3,(H,28,31). The number of anilines is 2. The minimum absolute atomic E-state index is 0.0413. The maximum absolute atomic E-state index is 13.4. The molecule has 2 amide bonds. The molecule has 2 aromatic carbocycles. The van der Waals surface area contributed by atoms with Gasteiger partial charge in [0.15, 0.2) is 5.76 Å². The Kier molecular flexibility index (Phi) is 6.77. The van der Waals surface area contributed by atoms with Crippen LogP contribution in [0.5, 0.6) is 0 Å². The predicted molar refractivity (Wildman–Crippen MR) is 125 cm³/mol. The van der Waals surface area contributed by atoms with Gasteiger partial charge in [-0.3, -0.25) is 9.59 Å². The maximum atomic E-state index is 13.4. The van der Waals surface area contributed by atoms with Crippen molar-refractivity contribution in [3.05, 3.63) is 83.6 Å². The van der Waals surface area contributed by atoms with E-state index >= 15 is 0 Å². The fourth-order valence-corrected chi connectivity index (χ4v) is 3.91. The lowest BCUT2D eigenvalue weighted by atomic mass is 9.85. The first-order valence-electron chi connectivity index (χ1n) is 11.1. The van der Waals surface area contributed by atoms with Gasteiger partial charge in [0, 0.05) is 44.5 Å². The second-order valence-corrected chi connectivity index (χ2v) is 8.62. The van der Waals surface area contributed by atoms with Crippen molar-refractivity contribution in [1.29, 1.82) is 0 Å². The first-order chi connectivity index (χ1) is 15.9. The lowest BCUT2D eigenvalue weighted by Crippen LogP contribution is -2.31. The lowest BCUT2D eigenvalue weighted by Gasteiger charge is -2.27. The van der Waals surface area contributed by atoms with Crippen LogP contribution >= 0.6 is 0 Å². The Balaban J connectivity index is 1.62. The molecule has 172 valence electrons. The molecule has 1 fully saturated rings. The molecule has 6 nitrogen and oxygen atoms in total. The molecule has 1 saturated carbocycles. The summed E-state index contributed by atoms with van der Waals surface area (Å²) in [4.78, 5) is 29.3. The van der Waals surface area contributed by atoms with Crippen LogP contribution in [0.1, 0.15) is 40.9 Å². The Morgan fingerprint density at radius 3 is 2.42 bits per heavy atom. The minimum Gasteiger partial charge on any atom is -0.459 e. The monoisotopic (exact) mass is 449 g/mol. The molecule has 0 saturated heterocycles. The van der Waals surface area contributed by atoms with Gasteiger partial charge in [-0.2, -0.15) is 0 Å². The topological polar surface area (TPSA) is 65.8 Å². The summed E-state index contributed by atoms with van der Waals surface area (Å²) >= 11 is 0. The van der Waals surface area contributed by atoms with Crippen LogP contribution in [0.4, 0.5) is 15.8 Å². The summed E-state index contributed by atoms with van der Waals surface area (Å²) in [5.74, 6) is -0.236. The van der Waals surface area contributed by atoms with Gasteiger partial charge in [0.1, 0.15) is 5.82 Å². The zero-order valence-electron chi connectivity index (χ0n) is 18.9. The zero-order chi connectivity index (χ0) is 23.4. The molecular weight excluding hydrogens is 421 g/mol. The summed E-state index contributed by atoms with van der Waals surface area (Å²) in [5, 5.41) is 3.02. The average Bonchev–Trinajstić information content (AvgIpc) is 3.28. The fraction of sp³-hybridized carbons (Fsp3) is 0.308. The summed E-state index contributed by atoms with van der Waals surface area (Å²) in [6, 6.07) is 15.1. The van der Waals surface area contributed by atoms with Crippen LogP contribution in [0.2, 0.25) is 0 Å². The highest BCUT2D eigenvalue weighted by atomic mass is 19.1. The third-order valence-corrected chi connectivity index (χ3v) is 5.97. The van der Waals surface area contributed by atoms with E-state index < -0.39 is 0 Å². The molecule has 1 aliphatic rings. The van der Waals surface area contributed by atoms with Gasteiger partial charge in [0.2, 0.25) is 5.91 Å². The molecule has 0 bridgehead atoms. The maximum Gasteiger partial charge on any atom is 0.290 e. The molecule has 33 heavy (non-hydrogen) atoms. The fourth-order valence-electron chi connectivity index (χ4n) is 3.91. The van der Waals surface area contributed by atoms with Crippen molar-refractivity contribution < 1.29 is 18.4 Å². The number of nitrogens with one attached hydrogen (secondary N) is 1. The Morgan fingerprint density at radius 2 is 1.82 bits per heavy atom. The molecule has 3 aromatic rings. The number of benzene rings is 2. The molecule has 4 rings (SSSR count). The van der Waals surface area contributed by atoms with Crippen molar-refractivity contribution in [1.82, 2.24) is 4.90 Å². The van der Waals surface area contributed by atoms with E-state index in [2.05, 4.69) is 5.32 Å². The van der Waals surface area contributed by atoms with Gasteiger partial charge >= 0.3 is 0 Å². The number of hydrogen-bond donors (Lipinski definition) is 1. The van der Waals surface area contributed by atoms with Gasteiger partial charge in [-0.15, -0.1) is 0 Å². The first-order valence-corrected chi connectivity index (χ1v) is 11.1. The molecule has 0 spiro atoms. The number of hydrogen-bond acceptors (Lipinski definition) is 4. The quantitative estimate of drug-likeness (QED) is 0.522. The van der Waals surface area contributed by atoms with E-state index in [1.54, 1.807) is 29.2 Å². The second kappa shape index (κ2) is 9.90. The Bertz CT molecular complexity index is 1110. The van der Waals surface area contributed by atoms with Crippen molar-refractivity contribution in [2.24, 2.45) is 5.92 Å². The van der Waals surface area contributed by atoms with Crippen molar-refractivity contribution in [2.75, 3.05) is 24.3 Å². The van der Waals surface area contributed by atoms with Gasteiger partial charge in [0.25, 0.3) is 5.91 Å². The van der Waals surface area contributed by atoms with Crippen molar-refractivity contribution in [3.8, 4) is 0 Å². The molecule has 1 heterocycles. The highest BCUT2D eigenvalue weighted by molar-refractivity contribution is 5.93. The minimum atomic E-state index is -0.326. The number of amides is 2. The van der Waals surface area contributed by atoms with E-state index in [-0.39, 0.29) is 42.4 Å². The SMILES string of the molecule is CN(C)c1ccc(NC(=O)C2CCC2)cc1CN(Cc1ccc(F)cc1)C(=O)c1ccco1. The van der Waals surface area contributed by atoms with E-state index in [4.69, 9.17) is 4.42 Å². The van der Waals surface area contributed by atoms with Crippen LogP contribution < -0.4 is 10.2 Å². The predicted octanol–water partition coefficient (Wildman–Crippen LogP) is 5.07. The van der Waals surface area contributed by atoms with Crippen molar-refractivity contribution in [2.45, 2.75) is 32.4 Å². The smallest absolute Gasteiger partial charge is 0.290 e. The van der Waals surface area contributed by atoms with Crippen LogP contribution in [-0.2, 0) is 17.9 Å². The van der Waals surface area contributed by atoms with E-state index in [1.807, 2.05) is 37.2 Å². The molecule has 7 heteroatoms. The molecule has 0 radical (unpaired) electrons. The van der Waals surface area contributed by atoms with Crippen molar-refractivity contribution in [3.63, 3.8) is 0 Å². The third-order valence-electron chi connectivity index (χ3n) is 5.97. The molecule has 1 aliphatic carbocycles. The molecule has 1 N–H and O–H groups in total. The summed E-state index contributed by atoms with van der Waals surface area (Å²) in [5.41, 5.74) is 3.33. The van der Waals surface area contributed by atoms with Crippen LogP contribution in [0.15, 0.2) is 65.3 Å². The van der Waals surface area contributed by atoms with Crippen LogP contribution in [-0.4, -0.2) is 30.8 Å². The highest BCUT2D eigenvalue weighted by Gasteiger charge is 2.26. The number of nitrogens with zero attached hydrogens (tertiary/aromatic N) is 2. The zero-order valence-corrected chi connectivity index (χ0v) is 18.9. The normalized spacial score (nSPS) is 13.3. The molecular formula is C26H28FN3O3. The third kappa shape index (κ3) is 5.42. The Morgan fingerprint density at radius 1 is 1.06 bits per heavy atom. The van der Waals surface area contributed by atoms with E-state index in [0.29, 0.717) is 5.69 Å². The lowest BCUT2D eigenvalue weighted by molar-refractivity contribution is -0.122. The number of rotatable bonds is 8. The molecule has 0 atom stereocenters. The average molecular weight is 450 g/mol. The van der Waals surface area contributed by atoms with Crippen LogP contribution in [0.3, 0.4) is 0 Å². The number of carbonyl (C=O) groups excluding carboxylic acids is 2. The molecule has 0 unspecified atom stereocenters. The van der Waals surface area contributed by atoms with Gasteiger partial charge in [0.05, 0.1) is 6.26 Å². The van der Waals surface area contributed by atoms with Gasteiger partial charge in [-0.25, -0.2) is 4.39 Å². The van der Waals surface area contributed by atoms with Crippen LogP contribution in [0, 0.1) is 11.7 Å². The van der Waals surface area contributed by atoms with Crippen molar-refractivity contribution >= 4 is 23.2 Å². The number of furan rings is 1. The van der Waals surface area contributed by atoms with E-state index in [9.17, 15) is 14.0 Å².